The van der Waals surface area contributed by atoms with Crippen LogP contribution < -0.4 is 4.74 Å². The molecule has 7 heteroatoms. The highest BCUT2D eigenvalue weighted by molar-refractivity contribution is 5.93. The molecule has 0 aliphatic heterocycles. The van der Waals surface area contributed by atoms with Crippen LogP contribution >= 0.6 is 0 Å². The molecule has 102 valence electrons. The minimum atomic E-state index is -4.70. The minimum Gasteiger partial charge on any atom is -0.496 e. The summed E-state index contributed by atoms with van der Waals surface area (Å²) < 4.78 is 47.6. The molecule has 0 spiro atoms. The number of methoxy groups -OCH3 is 1. The maximum Gasteiger partial charge on any atom is 0.417 e. The van der Waals surface area contributed by atoms with Crippen LogP contribution in [0.2, 0.25) is 0 Å². The monoisotopic (exact) mass is 273 g/mol. The van der Waals surface area contributed by atoms with E-state index in [0.29, 0.717) is 6.07 Å². The molecule has 19 heavy (non-hydrogen) atoms. The summed E-state index contributed by atoms with van der Waals surface area (Å²) in [6, 6.07) is 2.84. The number of nitrogens with zero attached hydrogens (tertiary/aromatic N) is 1. The van der Waals surface area contributed by atoms with Crippen molar-refractivity contribution in [1.82, 2.24) is 0 Å². The summed E-state index contributed by atoms with van der Waals surface area (Å²) in [6.07, 6.45) is -4.70. The summed E-state index contributed by atoms with van der Waals surface area (Å²) in [7, 11) is 1.13. The average Bonchev–Trinajstić information content (AvgIpc) is 2.36. The van der Waals surface area contributed by atoms with Crippen LogP contribution in [0.4, 0.5) is 13.2 Å². The second kappa shape index (κ2) is 5.61. The molecule has 4 nitrogen and oxygen atoms in total. The van der Waals surface area contributed by atoms with E-state index in [-0.39, 0.29) is 17.9 Å². The van der Waals surface area contributed by atoms with E-state index in [9.17, 15) is 18.0 Å². The summed E-state index contributed by atoms with van der Waals surface area (Å²) in [5.41, 5.74) is -2.02. The van der Waals surface area contributed by atoms with Crippen LogP contribution in [-0.2, 0) is 10.9 Å². The smallest absolute Gasteiger partial charge is 0.417 e. The van der Waals surface area contributed by atoms with Crippen LogP contribution in [0.3, 0.4) is 0 Å². The quantitative estimate of drug-likeness (QED) is 0.794. The van der Waals surface area contributed by atoms with Gasteiger partial charge in [0.05, 0.1) is 30.9 Å². The van der Waals surface area contributed by atoms with Crippen molar-refractivity contribution in [3.63, 3.8) is 0 Å². The molecule has 1 rings (SSSR count). The first-order valence-corrected chi connectivity index (χ1v) is 5.21. The molecule has 0 N–H and O–H groups in total. The van der Waals surface area contributed by atoms with Gasteiger partial charge in [0.25, 0.3) is 0 Å². The Labute approximate surface area is 107 Å². The Morgan fingerprint density at radius 1 is 1.42 bits per heavy atom. The highest BCUT2D eigenvalue weighted by atomic mass is 19.4. The number of carbonyl (C=O) groups is 1. The van der Waals surface area contributed by atoms with Gasteiger partial charge in [-0.3, -0.25) is 0 Å². The minimum absolute atomic E-state index is 0.0604. The molecule has 0 heterocycles. The average molecular weight is 273 g/mol. The third kappa shape index (κ3) is 3.16. The zero-order valence-corrected chi connectivity index (χ0v) is 10.2. The summed E-state index contributed by atoms with van der Waals surface area (Å²) in [4.78, 5) is 11.6. The Balaban J connectivity index is 3.45. The number of hydrogen-bond acceptors (Lipinski definition) is 4. The van der Waals surface area contributed by atoms with Crippen molar-refractivity contribution in [3.05, 3.63) is 28.8 Å². The second-order valence-electron chi connectivity index (χ2n) is 3.43. The van der Waals surface area contributed by atoms with E-state index in [1.54, 1.807) is 6.92 Å². The molecule has 0 radical (unpaired) electrons. The first kappa shape index (κ1) is 14.8. The van der Waals surface area contributed by atoms with Gasteiger partial charge < -0.3 is 9.47 Å². The van der Waals surface area contributed by atoms with Crippen molar-refractivity contribution in [3.8, 4) is 11.8 Å². The first-order valence-electron chi connectivity index (χ1n) is 5.21. The van der Waals surface area contributed by atoms with Gasteiger partial charge in [0.2, 0.25) is 0 Å². The van der Waals surface area contributed by atoms with E-state index < -0.39 is 23.3 Å². The number of ether oxygens (including phenoxy) is 2. The molecule has 0 fully saturated rings. The fraction of sp³-hybridized carbons (Fsp3) is 0.333. The Kier molecular flexibility index (Phi) is 4.38. The standard InChI is InChI=1S/C12H10F3NO3/c1-3-19-11(17)8-4-7(6-16)9(12(13,14)15)5-10(8)18-2/h4-5H,3H2,1-2H3. The topological polar surface area (TPSA) is 59.3 Å². The van der Waals surface area contributed by atoms with Crippen LogP contribution in [0.25, 0.3) is 0 Å². The van der Waals surface area contributed by atoms with Crippen molar-refractivity contribution < 1.29 is 27.4 Å². The van der Waals surface area contributed by atoms with Gasteiger partial charge >= 0.3 is 12.1 Å². The number of halogens is 3. The number of benzene rings is 1. The van der Waals surface area contributed by atoms with Crippen molar-refractivity contribution in [1.29, 1.82) is 5.26 Å². The van der Waals surface area contributed by atoms with Gasteiger partial charge in [0.1, 0.15) is 11.3 Å². The van der Waals surface area contributed by atoms with Crippen molar-refractivity contribution in [2.75, 3.05) is 13.7 Å². The fourth-order valence-electron chi connectivity index (χ4n) is 1.44. The lowest BCUT2D eigenvalue weighted by Crippen LogP contribution is -2.12. The summed E-state index contributed by atoms with van der Waals surface area (Å²) in [5, 5.41) is 8.74. The van der Waals surface area contributed by atoms with Gasteiger partial charge in [-0.2, -0.15) is 18.4 Å². The number of carbonyl (C=O) groups excluding carboxylic acids is 1. The Hall–Kier alpha value is -2.23. The largest absolute Gasteiger partial charge is 0.496 e. The first-order chi connectivity index (χ1) is 8.85. The third-order valence-electron chi connectivity index (χ3n) is 2.26. The number of rotatable bonds is 3. The predicted octanol–water partition coefficient (Wildman–Crippen LogP) is 2.76. The number of esters is 1. The maximum absolute atomic E-state index is 12.7. The molecular weight excluding hydrogens is 263 g/mol. The lowest BCUT2D eigenvalue weighted by molar-refractivity contribution is -0.137. The van der Waals surface area contributed by atoms with E-state index in [1.807, 2.05) is 0 Å². The summed E-state index contributed by atoms with van der Waals surface area (Å²) >= 11 is 0. The molecule has 0 unspecified atom stereocenters. The third-order valence-corrected chi connectivity index (χ3v) is 2.26. The summed E-state index contributed by atoms with van der Waals surface area (Å²) in [6.45, 7) is 1.62. The SMILES string of the molecule is CCOC(=O)c1cc(C#N)c(C(F)(F)F)cc1OC. The molecule has 0 atom stereocenters. The van der Waals surface area contributed by atoms with E-state index in [4.69, 9.17) is 10.00 Å². The second-order valence-corrected chi connectivity index (χ2v) is 3.43. The normalized spacial score (nSPS) is 10.7. The maximum atomic E-state index is 12.7. The highest BCUT2D eigenvalue weighted by Crippen LogP contribution is 2.36. The van der Waals surface area contributed by atoms with Gasteiger partial charge in [-0.15, -0.1) is 0 Å². The molecule has 0 aliphatic carbocycles. The van der Waals surface area contributed by atoms with E-state index in [2.05, 4.69) is 4.74 Å². The predicted molar refractivity (Wildman–Crippen MR) is 58.7 cm³/mol. The van der Waals surface area contributed by atoms with Gasteiger partial charge in [-0.05, 0) is 19.1 Å². The van der Waals surface area contributed by atoms with Gasteiger partial charge in [-0.1, -0.05) is 0 Å². The van der Waals surface area contributed by atoms with Crippen LogP contribution in [0.15, 0.2) is 12.1 Å². The molecule has 0 bridgehead atoms. The molecule has 0 amide bonds. The number of alkyl halides is 3. The highest BCUT2D eigenvalue weighted by Gasteiger charge is 2.35. The van der Waals surface area contributed by atoms with Gasteiger partial charge in [0.15, 0.2) is 0 Å². The van der Waals surface area contributed by atoms with Gasteiger partial charge in [-0.25, -0.2) is 4.79 Å². The fourth-order valence-corrected chi connectivity index (χ4v) is 1.44. The van der Waals surface area contributed by atoms with Crippen LogP contribution in [0, 0.1) is 11.3 Å². The molecular formula is C12H10F3NO3. The van der Waals surface area contributed by atoms with Crippen LogP contribution in [0.5, 0.6) is 5.75 Å². The van der Waals surface area contributed by atoms with Crippen LogP contribution in [0.1, 0.15) is 28.4 Å². The lowest BCUT2D eigenvalue weighted by Gasteiger charge is -2.13. The van der Waals surface area contributed by atoms with Crippen molar-refractivity contribution in [2.24, 2.45) is 0 Å². The molecule has 1 aromatic rings. The number of hydrogen-bond donors (Lipinski definition) is 0. The van der Waals surface area contributed by atoms with Crippen molar-refractivity contribution >= 4 is 5.97 Å². The summed E-state index contributed by atoms with van der Waals surface area (Å²) in [5.74, 6) is -1.13. The molecule has 0 saturated heterocycles. The Morgan fingerprint density at radius 2 is 2.05 bits per heavy atom. The number of nitriles is 1. The zero-order valence-electron chi connectivity index (χ0n) is 10.2. The molecule has 1 aromatic carbocycles. The van der Waals surface area contributed by atoms with E-state index >= 15 is 0 Å². The van der Waals surface area contributed by atoms with E-state index in [1.165, 1.54) is 6.07 Å². The van der Waals surface area contributed by atoms with Crippen molar-refractivity contribution in [2.45, 2.75) is 13.1 Å². The lowest BCUT2D eigenvalue weighted by atomic mass is 10.0. The molecule has 0 aromatic heterocycles. The van der Waals surface area contributed by atoms with Crippen LogP contribution in [-0.4, -0.2) is 19.7 Å². The van der Waals surface area contributed by atoms with Gasteiger partial charge in [0, 0.05) is 0 Å². The zero-order chi connectivity index (χ0) is 14.6. The molecule has 0 saturated carbocycles. The Bertz CT molecular complexity index is 532. The van der Waals surface area contributed by atoms with E-state index in [0.717, 1.165) is 13.2 Å². The molecule has 0 aliphatic rings. The Morgan fingerprint density at radius 3 is 2.47 bits per heavy atom.